The van der Waals surface area contributed by atoms with E-state index in [4.69, 9.17) is 16.3 Å². The molecule has 2 heterocycles. The molecule has 0 aromatic heterocycles. The summed E-state index contributed by atoms with van der Waals surface area (Å²) in [4.78, 5) is 17.6. The molecule has 4 aliphatic rings. The molecule has 1 amide bonds. The quantitative estimate of drug-likeness (QED) is 0.274. The number of aliphatic hydroxyl groups is 1. The molecule has 2 aromatic carbocycles. The normalized spacial score (nSPS) is 25.5. The number of aryl methyl sites for hydroxylation is 1. The second-order valence-corrected chi connectivity index (χ2v) is 20.1. The molecule has 2 aliphatic heterocycles. The van der Waals surface area contributed by atoms with Crippen LogP contribution in [0.2, 0.25) is 5.02 Å². The zero-order chi connectivity index (χ0) is 37.3. The highest BCUT2D eigenvalue weighted by molar-refractivity contribution is 7.91. The maximum Gasteiger partial charge on any atom is 0.264 e. The molecule has 282 valence electrons. The number of ether oxygens (including phenoxy) is 1. The second kappa shape index (κ2) is 15.3. The third-order valence-electron chi connectivity index (χ3n) is 11.2. The first kappa shape index (κ1) is 38.6. The van der Waals surface area contributed by atoms with Crippen molar-refractivity contribution >= 4 is 43.1 Å². The zero-order valence-corrected chi connectivity index (χ0v) is 32.6. The predicted octanol–water partition coefficient (Wildman–Crippen LogP) is 4.74. The fraction of sp³-hybridized carbons (Fsp3) is 0.564. The average molecular weight is 772 g/mol. The van der Waals surface area contributed by atoms with Crippen molar-refractivity contribution in [3.8, 4) is 17.6 Å². The van der Waals surface area contributed by atoms with Gasteiger partial charge in [0, 0.05) is 48.1 Å². The number of benzene rings is 2. The second-order valence-electron chi connectivity index (χ2n) is 15.1. The van der Waals surface area contributed by atoms with E-state index in [1.54, 1.807) is 18.2 Å². The van der Waals surface area contributed by atoms with Crippen LogP contribution in [0.3, 0.4) is 0 Å². The summed E-state index contributed by atoms with van der Waals surface area (Å²) < 4.78 is 57.8. The molecular formula is C39H50ClN3O7S2. The smallest absolute Gasteiger partial charge is 0.264 e. The number of sulfone groups is 1. The van der Waals surface area contributed by atoms with E-state index in [2.05, 4.69) is 27.5 Å². The lowest BCUT2D eigenvalue weighted by molar-refractivity contribution is -0.00323. The number of hydrogen-bond acceptors (Lipinski definition) is 9. The highest BCUT2D eigenvalue weighted by atomic mass is 35.5. The molecule has 10 nitrogen and oxygen atoms in total. The molecule has 2 N–H and O–H groups in total. The van der Waals surface area contributed by atoms with Gasteiger partial charge >= 0.3 is 0 Å². The van der Waals surface area contributed by atoms with Gasteiger partial charge in [-0.2, -0.15) is 0 Å². The van der Waals surface area contributed by atoms with Crippen LogP contribution < -0.4 is 14.4 Å². The molecule has 2 aliphatic carbocycles. The minimum atomic E-state index is -3.84. The molecule has 1 spiro atoms. The number of anilines is 1. The Hall–Kier alpha value is -3.08. The fourth-order valence-corrected chi connectivity index (χ4v) is 10.1. The topological polar surface area (TPSA) is 133 Å². The van der Waals surface area contributed by atoms with Crippen molar-refractivity contribution in [3.05, 3.63) is 70.3 Å². The van der Waals surface area contributed by atoms with E-state index in [0.29, 0.717) is 55.8 Å². The van der Waals surface area contributed by atoms with Gasteiger partial charge in [0.2, 0.25) is 10.0 Å². The molecule has 6 rings (SSSR count). The summed E-state index contributed by atoms with van der Waals surface area (Å²) >= 11 is 6.44. The van der Waals surface area contributed by atoms with E-state index < -0.39 is 36.6 Å². The third-order valence-corrected chi connectivity index (χ3v) is 14.8. The lowest BCUT2D eigenvalue weighted by Gasteiger charge is -2.47. The van der Waals surface area contributed by atoms with Crippen LogP contribution in [0, 0.1) is 23.7 Å². The predicted molar refractivity (Wildman–Crippen MR) is 205 cm³/mol. The zero-order valence-electron chi connectivity index (χ0n) is 30.2. The van der Waals surface area contributed by atoms with Crippen LogP contribution in [0.15, 0.2) is 48.6 Å². The van der Waals surface area contributed by atoms with Crippen LogP contribution in [-0.2, 0) is 31.7 Å². The third kappa shape index (κ3) is 8.34. The monoisotopic (exact) mass is 771 g/mol. The Balaban J connectivity index is 1.32. The first-order chi connectivity index (χ1) is 24.6. The Kier molecular flexibility index (Phi) is 11.4. The van der Waals surface area contributed by atoms with Gasteiger partial charge in [-0.25, -0.2) is 21.6 Å². The van der Waals surface area contributed by atoms with Crippen molar-refractivity contribution in [2.45, 2.75) is 75.6 Å². The van der Waals surface area contributed by atoms with Gasteiger partial charge in [0.1, 0.15) is 11.4 Å². The van der Waals surface area contributed by atoms with E-state index in [0.717, 1.165) is 38.5 Å². The highest BCUT2D eigenvalue weighted by Crippen LogP contribution is 2.48. The lowest BCUT2D eigenvalue weighted by Crippen LogP contribution is -2.52. The number of carbonyl (C=O) groups excluding carboxylic acids is 1. The molecular weight excluding hydrogens is 722 g/mol. The molecule has 2 aromatic rings. The molecule has 0 unspecified atom stereocenters. The van der Waals surface area contributed by atoms with E-state index in [-0.39, 0.29) is 34.3 Å². The molecule has 1 saturated heterocycles. The minimum Gasteiger partial charge on any atom is -0.490 e. The number of fused-ring (bicyclic) bond motifs is 3. The van der Waals surface area contributed by atoms with Gasteiger partial charge in [-0.1, -0.05) is 42.5 Å². The first-order valence-electron chi connectivity index (χ1n) is 18.3. The van der Waals surface area contributed by atoms with Crippen molar-refractivity contribution in [2.24, 2.45) is 11.8 Å². The van der Waals surface area contributed by atoms with Crippen LogP contribution in [0.5, 0.6) is 5.75 Å². The standard InChI is InChI=1S/C39H50ClN3O7S2/c1-4-5-16-39(45,17-7-18-42-19-21-51(46,47)22-20-42)34-12-9-31(34)25-43-26-38(15-6-8-29-23-32(40)11-13-33(29)38)27-50-36-14-10-30(24-35(36)43)37(44)41-52(48,49)28(2)3/h5,10-11,13-14,16,23-24,28,31,34,45H,4,6,8-9,12,15,18-22,25-27H2,1-3H3,(H,41,44)/b16-5+/t31-,34+,38-,39-/m0/s1. The van der Waals surface area contributed by atoms with Crippen molar-refractivity contribution < 1.29 is 31.5 Å². The molecule has 0 radical (unpaired) electrons. The number of halogens is 1. The van der Waals surface area contributed by atoms with Gasteiger partial charge in [-0.05, 0) is 106 Å². The number of rotatable bonds is 9. The number of amides is 1. The van der Waals surface area contributed by atoms with E-state index in [1.165, 1.54) is 25.0 Å². The van der Waals surface area contributed by atoms with Crippen LogP contribution in [-0.4, -0.2) is 94.4 Å². The Morgan fingerprint density at radius 3 is 2.65 bits per heavy atom. The summed E-state index contributed by atoms with van der Waals surface area (Å²) in [7, 11) is -6.85. The van der Waals surface area contributed by atoms with Gasteiger partial charge in [0.25, 0.3) is 5.91 Å². The molecule has 0 bridgehead atoms. The number of carbonyl (C=O) groups is 1. The van der Waals surface area contributed by atoms with E-state index in [1.807, 2.05) is 36.1 Å². The van der Waals surface area contributed by atoms with Gasteiger partial charge in [0.15, 0.2) is 9.84 Å². The van der Waals surface area contributed by atoms with E-state index >= 15 is 0 Å². The molecule has 4 atom stereocenters. The largest absolute Gasteiger partial charge is 0.490 e. The first-order valence-corrected chi connectivity index (χ1v) is 22.1. The van der Waals surface area contributed by atoms with Crippen LogP contribution >= 0.6 is 11.6 Å². The summed E-state index contributed by atoms with van der Waals surface area (Å²) in [6.45, 7) is 7.90. The summed E-state index contributed by atoms with van der Waals surface area (Å²) in [5, 5.41) is 12.1. The SMILES string of the molecule is CC/C=C/[C@](O)(C#CCN1CCS(=O)(=O)CC1)[C@@H]1CC[C@H]1CN1C[C@@]2(CCCc3cc(Cl)ccc32)COc2ccc(C(=O)NS(=O)(=O)C(C)C)cc21. The summed E-state index contributed by atoms with van der Waals surface area (Å²) in [5.74, 6) is 6.42. The van der Waals surface area contributed by atoms with Crippen LogP contribution in [0.25, 0.3) is 0 Å². The number of sulfonamides is 1. The van der Waals surface area contributed by atoms with Crippen LogP contribution in [0.1, 0.15) is 74.4 Å². The van der Waals surface area contributed by atoms with Crippen LogP contribution in [0.4, 0.5) is 5.69 Å². The number of nitrogens with zero attached hydrogens (tertiary/aromatic N) is 2. The Labute approximate surface area is 313 Å². The van der Waals surface area contributed by atoms with Gasteiger partial charge < -0.3 is 14.7 Å². The molecule has 1 saturated carbocycles. The van der Waals surface area contributed by atoms with Crippen molar-refractivity contribution in [2.75, 3.05) is 55.7 Å². The highest BCUT2D eigenvalue weighted by Gasteiger charge is 2.47. The van der Waals surface area contributed by atoms with Gasteiger partial charge in [-0.3, -0.25) is 9.69 Å². The summed E-state index contributed by atoms with van der Waals surface area (Å²) in [6.07, 6.45) is 8.94. The van der Waals surface area contributed by atoms with Crippen molar-refractivity contribution in [1.29, 1.82) is 0 Å². The van der Waals surface area contributed by atoms with Crippen molar-refractivity contribution in [1.82, 2.24) is 9.62 Å². The fourth-order valence-electron chi connectivity index (χ4n) is 7.97. The van der Waals surface area contributed by atoms with Gasteiger partial charge in [0.05, 0.1) is 35.6 Å². The molecule has 2 fully saturated rings. The lowest BCUT2D eigenvalue weighted by atomic mass is 9.64. The molecule has 52 heavy (non-hydrogen) atoms. The average Bonchev–Trinajstić information content (AvgIpc) is 3.23. The van der Waals surface area contributed by atoms with Gasteiger partial charge in [-0.15, -0.1) is 0 Å². The number of nitrogens with one attached hydrogen (secondary N) is 1. The number of allylic oxidation sites excluding steroid dienone is 1. The maximum absolute atomic E-state index is 13.3. The number of hydrogen-bond donors (Lipinski definition) is 2. The Bertz CT molecular complexity index is 1980. The Morgan fingerprint density at radius 2 is 1.96 bits per heavy atom. The molecule has 13 heteroatoms. The van der Waals surface area contributed by atoms with E-state index in [9.17, 15) is 26.7 Å². The minimum absolute atomic E-state index is 0.0519. The maximum atomic E-state index is 13.3. The summed E-state index contributed by atoms with van der Waals surface area (Å²) in [5.41, 5.74) is 1.59. The summed E-state index contributed by atoms with van der Waals surface area (Å²) in [6, 6.07) is 11.2. The Morgan fingerprint density at radius 1 is 1.19 bits per heavy atom. The van der Waals surface area contributed by atoms with Crippen molar-refractivity contribution in [3.63, 3.8) is 0 Å².